The van der Waals surface area contributed by atoms with Gasteiger partial charge < -0.3 is 15.0 Å². The lowest BCUT2D eigenvalue weighted by molar-refractivity contribution is -0.117. The number of anilines is 2. The van der Waals surface area contributed by atoms with E-state index in [1.807, 2.05) is 48.5 Å². The Bertz CT molecular complexity index is 906. The van der Waals surface area contributed by atoms with Crippen molar-refractivity contribution in [1.29, 1.82) is 0 Å². The second-order valence-electron chi connectivity index (χ2n) is 6.29. The molecular weight excluding hydrogens is 396 g/mol. The highest BCUT2D eigenvalue weighted by Gasteiger charge is 2.22. The number of rotatable bonds is 3. The molecule has 5 nitrogen and oxygen atoms in total. The van der Waals surface area contributed by atoms with Gasteiger partial charge in [0, 0.05) is 34.4 Å². The van der Waals surface area contributed by atoms with Gasteiger partial charge in [-0.25, -0.2) is 0 Å². The largest absolute Gasteiger partial charge is 0.488 e. The minimum Gasteiger partial charge on any atom is -0.488 e. The molecule has 0 aliphatic carbocycles. The molecule has 0 spiro atoms. The lowest BCUT2D eigenvalue weighted by atomic mass is 10.1. The lowest BCUT2D eigenvalue weighted by Gasteiger charge is -2.18. The normalized spacial score (nSPS) is 16.0. The first-order valence-corrected chi connectivity index (χ1v) is 9.24. The number of hydrogen-bond acceptors (Lipinski definition) is 3. The molecule has 0 atom stereocenters. The number of amides is 2. The fourth-order valence-electron chi connectivity index (χ4n) is 3.14. The van der Waals surface area contributed by atoms with E-state index in [1.165, 1.54) is 0 Å². The molecular formula is C20H17BrN2O3. The summed E-state index contributed by atoms with van der Waals surface area (Å²) in [5.74, 6) is 0.723. The van der Waals surface area contributed by atoms with Crippen molar-refractivity contribution in [3.8, 4) is 5.75 Å². The van der Waals surface area contributed by atoms with Crippen LogP contribution in [0.5, 0.6) is 5.75 Å². The van der Waals surface area contributed by atoms with Crippen LogP contribution in [0.3, 0.4) is 0 Å². The highest BCUT2D eigenvalue weighted by molar-refractivity contribution is 9.10. The van der Waals surface area contributed by atoms with E-state index < -0.39 is 0 Å². The van der Waals surface area contributed by atoms with Crippen LogP contribution in [0.2, 0.25) is 0 Å². The first-order chi connectivity index (χ1) is 12.6. The number of nitrogens with one attached hydrogen (secondary N) is 1. The Morgan fingerprint density at radius 2 is 1.96 bits per heavy atom. The molecule has 0 bridgehead atoms. The van der Waals surface area contributed by atoms with E-state index in [1.54, 1.807) is 4.90 Å². The van der Waals surface area contributed by atoms with Crippen molar-refractivity contribution in [1.82, 2.24) is 0 Å². The fraction of sp³-hybridized carbons (Fsp3) is 0.200. The Kier molecular flexibility index (Phi) is 4.51. The Balaban J connectivity index is 1.47. The molecule has 4 rings (SSSR count). The molecule has 0 aromatic heterocycles. The van der Waals surface area contributed by atoms with Crippen LogP contribution < -0.4 is 15.0 Å². The predicted octanol–water partition coefficient (Wildman–Crippen LogP) is 3.99. The van der Waals surface area contributed by atoms with Crippen LogP contribution in [0.4, 0.5) is 11.4 Å². The van der Waals surface area contributed by atoms with Gasteiger partial charge in [0.15, 0.2) is 0 Å². The Morgan fingerprint density at radius 1 is 1.15 bits per heavy atom. The molecule has 132 valence electrons. The third kappa shape index (κ3) is 3.37. The average molecular weight is 413 g/mol. The van der Waals surface area contributed by atoms with Crippen LogP contribution in [0.1, 0.15) is 18.4 Å². The van der Waals surface area contributed by atoms with Gasteiger partial charge in [0.2, 0.25) is 5.91 Å². The number of benzene rings is 2. The van der Waals surface area contributed by atoms with Gasteiger partial charge in [-0.05, 0) is 55.0 Å². The maximum absolute atomic E-state index is 12.5. The van der Waals surface area contributed by atoms with Crippen molar-refractivity contribution >= 4 is 45.2 Å². The first-order valence-electron chi connectivity index (χ1n) is 8.45. The number of carbonyl (C=O) groups is 2. The summed E-state index contributed by atoms with van der Waals surface area (Å²) in [6, 6.07) is 13.0. The molecule has 2 heterocycles. The topological polar surface area (TPSA) is 58.6 Å². The predicted molar refractivity (Wildman–Crippen MR) is 104 cm³/mol. The molecule has 1 saturated heterocycles. The van der Waals surface area contributed by atoms with Crippen molar-refractivity contribution in [3.05, 3.63) is 58.1 Å². The van der Waals surface area contributed by atoms with E-state index >= 15 is 0 Å². The summed E-state index contributed by atoms with van der Waals surface area (Å²) in [5.41, 5.74) is 2.99. The smallest absolute Gasteiger partial charge is 0.255 e. The Hall–Kier alpha value is -2.60. The van der Waals surface area contributed by atoms with Crippen molar-refractivity contribution in [2.24, 2.45) is 0 Å². The molecule has 0 radical (unpaired) electrons. The summed E-state index contributed by atoms with van der Waals surface area (Å²) in [5, 5.41) is 2.88. The zero-order valence-corrected chi connectivity index (χ0v) is 15.6. The van der Waals surface area contributed by atoms with E-state index in [-0.39, 0.29) is 18.4 Å². The van der Waals surface area contributed by atoms with E-state index in [0.717, 1.165) is 34.4 Å². The average Bonchev–Trinajstić information content (AvgIpc) is 3.07. The molecule has 1 N–H and O–H groups in total. The summed E-state index contributed by atoms with van der Waals surface area (Å²) < 4.78 is 6.59. The van der Waals surface area contributed by atoms with Gasteiger partial charge in [0.05, 0.1) is 5.57 Å². The zero-order valence-electron chi connectivity index (χ0n) is 14.0. The quantitative estimate of drug-likeness (QED) is 0.828. The molecule has 2 aliphatic rings. The summed E-state index contributed by atoms with van der Waals surface area (Å²) in [6.07, 6.45) is 3.34. The molecule has 0 unspecified atom stereocenters. The van der Waals surface area contributed by atoms with Crippen LogP contribution in [0, 0.1) is 0 Å². The minimum atomic E-state index is -0.194. The number of halogens is 1. The fourth-order valence-corrected chi connectivity index (χ4v) is 3.52. The second kappa shape index (κ2) is 6.96. The van der Waals surface area contributed by atoms with Crippen molar-refractivity contribution in [2.45, 2.75) is 12.8 Å². The Morgan fingerprint density at radius 3 is 2.69 bits per heavy atom. The van der Waals surface area contributed by atoms with E-state index in [2.05, 4.69) is 21.2 Å². The summed E-state index contributed by atoms with van der Waals surface area (Å²) in [4.78, 5) is 26.1. The number of hydrogen-bond donors (Lipinski definition) is 1. The first kappa shape index (κ1) is 16.8. The molecule has 1 fully saturated rings. The maximum Gasteiger partial charge on any atom is 0.255 e. The Labute approximate surface area is 159 Å². The van der Waals surface area contributed by atoms with Gasteiger partial charge >= 0.3 is 0 Å². The van der Waals surface area contributed by atoms with Crippen molar-refractivity contribution in [2.75, 3.05) is 23.4 Å². The van der Waals surface area contributed by atoms with Gasteiger partial charge in [0.25, 0.3) is 5.91 Å². The van der Waals surface area contributed by atoms with Crippen LogP contribution in [0.25, 0.3) is 6.08 Å². The number of fused-ring (bicyclic) bond motifs is 1. The number of nitrogens with zero attached hydrogens (tertiary/aromatic N) is 1. The van der Waals surface area contributed by atoms with Crippen molar-refractivity contribution < 1.29 is 14.3 Å². The molecule has 2 amide bonds. The third-order valence-corrected chi connectivity index (χ3v) is 4.98. The summed E-state index contributed by atoms with van der Waals surface area (Å²) in [7, 11) is 0. The maximum atomic E-state index is 12.5. The lowest BCUT2D eigenvalue weighted by Crippen LogP contribution is -2.23. The monoisotopic (exact) mass is 412 g/mol. The molecule has 2 aliphatic heterocycles. The van der Waals surface area contributed by atoms with Gasteiger partial charge in [-0.2, -0.15) is 0 Å². The summed E-state index contributed by atoms with van der Waals surface area (Å²) >= 11 is 3.43. The second-order valence-corrected chi connectivity index (χ2v) is 7.21. The standard InChI is InChI=1S/C20H17BrN2O3/c21-15-3-8-18-13(11-15)10-14(12-26-18)20(25)22-16-4-6-17(7-5-16)23-9-1-2-19(23)24/h3-8,10-11H,1-2,9,12H2,(H,22,25). The van der Waals surface area contributed by atoms with E-state index in [9.17, 15) is 9.59 Å². The molecule has 6 heteroatoms. The van der Waals surface area contributed by atoms with Gasteiger partial charge in [-0.1, -0.05) is 15.9 Å². The molecule has 2 aromatic rings. The number of ether oxygens (including phenoxy) is 1. The van der Waals surface area contributed by atoms with Gasteiger partial charge in [-0.15, -0.1) is 0 Å². The van der Waals surface area contributed by atoms with Crippen LogP contribution in [0.15, 0.2) is 52.5 Å². The molecule has 26 heavy (non-hydrogen) atoms. The zero-order chi connectivity index (χ0) is 18.1. The third-order valence-electron chi connectivity index (χ3n) is 4.49. The van der Waals surface area contributed by atoms with E-state index in [4.69, 9.17) is 4.74 Å². The van der Waals surface area contributed by atoms with Gasteiger partial charge in [-0.3, -0.25) is 9.59 Å². The number of carbonyl (C=O) groups excluding carboxylic acids is 2. The molecule has 2 aromatic carbocycles. The minimum absolute atomic E-state index is 0.149. The highest BCUT2D eigenvalue weighted by atomic mass is 79.9. The van der Waals surface area contributed by atoms with Crippen LogP contribution in [-0.4, -0.2) is 25.0 Å². The SMILES string of the molecule is O=C(Nc1ccc(N2CCCC2=O)cc1)C1=Cc2cc(Br)ccc2OC1. The van der Waals surface area contributed by atoms with Gasteiger partial charge in [0.1, 0.15) is 12.4 Å². The van der Waals surface area contributed by atoms with Crippen LogP contribution in [-0.2, 0) is 9.59 Å². The molecule has 0 saturated carbocycles. The summed E-state index contributed by atoms with van der Waals surface area (Å²) in [6.45, 7) is 0.991. The highest BCUT2D eigenvalue weighted by Crippen LogP contribution is 2.29. The van der Waals surface area contributed by atoms with E-state index in [0.29, 0.717) is 17.7 Å². The van der Waals surface area contributed by atoms with Crippen molar-refractivity contribution in [3.63, 3.8) is 0 Å². The van der Waals surface area contributed by atoms with Crippen LogP contribution >= 0.6 is 15.9 Å².